The van der Waals surface area contributed by atoms with E-state index in [4.69, 9.17) is 9.52 Å². The van der Waals surface area contributed by atoms with Crippen LogP contribution in [0, 0.1) is 6.92 Å². The number of aromatic nitrogens is 5. The van der Waals surface area contributed by atoms with Crippen LogP contribution in [0.1, 0.15) is 23.0 Å². The minimum Gasteiger partial charge on any atom is -0.455 e. The summed E-state index contributed by atoms with van der Waals surface area (Å²) in [6.45, 7) is 1.76. The zero-order valence-corrected chi connectivity index (χ0v) is 13.7. The Kier molecular flexibility index (Phi) is 3.91. The topological polar surface area (TPSA) is 92.8 Å². The molecule has 0 fully saturated rings. The van der Waals surface area contributed by atoms with Crippen LogP contribution in [0.5, 0.6) is 0 Å². The van der Waals surface area contributed by atoms with E-state index in [-0.39, 0.29) is 6.61 Å². The van der Waals surface area contributed by atoms with Crippen LogP contribution in [0.15, 0.2) is 53.2 Å². The number of nitrogens with zero attached hydrogens (tertiary/aromatic N) is 4. The predicted octanol–water partition coefficient (Wildman–Crippen LogP) is 2.64. The van der Waals surface area contributed by atoms with Crippen molar-refractivity contribution in [1.29, 1.82) is 0 Å². The molecule has 0 bridgehead atoms. The van der Waals surface area contributed by atoms with Gasteiger partial charge >= 0.3 is 0 Å². The molecule has 3 heterocycles. The van der Waals surface area contributed by atoms with Crippen molar-refractivity contribution in [2.24, 2.45) is 0 Å². The summed E-state index contributed by atoms with van der Waals surface area (Å²) in [5, 5.41) is 16.2. The summed E-state index contributed by atoms with van der Waals surface area (Å²) in [5.74, 6) is 3.42. The van der Waals surface area contributed by atoms with E-state index < -0.39 is 0 Å². The van der Waals surface area contributed by atoms with Crippen LogP contribution in [0.4, 0.5) is 0 Å². The van der Waals surface area contributed by atoms with Crippen molar-refractivity contribution in [3.05, 3.63) is 71.8 Å². The molecule has 0 aliphatic heterocycles. The van der Waals surface area contributed by atoms with Gasteiger partial charge in [0.05, 0.1) is 0 Å². The van der Waals surface area contributed by atoms with Crippen molar-refractivity contribution < 1.29 is 9.52 Å². The van der Waals surface area contributed by atoms with Gasteiger partial charge in [-0.05, 0) is 36.8 Å². The molecule has 0 aliphatic carbocycles. The second-order valence-electron chi connectivity index (χ2n) is 5.73. The third-order valence-electron chi connectivity index (χ3n) is 3.90. The fraction of sp³-hybridized carbons (Fsp3) is 0.167. The van der Waals surface area contributed by atoms with Crippen molar-refractivity contribution in [2.75, 3.05) is 0 Å². The van der Waals surface area contributed by atoms with Gasteiger partial charge < -0.3 is 9.52 Å². The molecule has 2 N–H and O–H groups in total. The fourth-order valence-corrected chi connectivity index (χ4v) is 2.70. The Bertz CT molecular complexity index is 981. The molecule has 0 aliphatic rings. The van der Waals surface area contributed by atoms with Gasteiger partial charge in [-0.3, -0.25) is 9.67 Å². The number of benzene rings is 1. The highest BCUT2D eigenvalue weighted by molar-refractivity contribution is 5.53. The summed E-state index contributed by atoms with van der Waals surface area (Å²) in [6.07, 6.45) is 4.28. The number of rotatable bonds is 5. The number of furan rings is 1. The highest BCUT2D eigenvalue weighted by Gasteiger charge is 2.12. The quantitative estimate of drug-likeness (QED) is 0.585. The zero-order chi connectivity index (χ0) is 17.2. The lowest BCUT2D eigenvalue weighted by Crippen LogP contribution is -1.97. The molecular formula is C18H17N5O2. The molecule has 0 spiro atoms. The highest BCUT2D eigenvalue weighted by atomic mass is 16.4. The Balaban J connectivity index is 1.59. The molecule has 25 heavy (non-hydrogen) atoms. The second kappa shape index (κ2) is 6.37. The third-order valence-corrected chi connectivity index (χ3v) is 3.90. The number of nitrogens with one attached hydrogen (secondary N) is 1. The molecule has 0 saturated carbocycles. The maximum Gasteiger partial charge on any atom is 0.180 e. The van der Waals surface area contributed by atoms with Gasteiger partial charge in [0, 0.05) is 24.5 Å². The highest BCUT2D eigenvalue weighted by Crippen LogP contribution is 2.24. The Labute approximate surface area is 144 Å². The van der Waals surface area contributed by atoms with Crippen LogP contribution in [-0.2, 0) is 13.0 Å². The summed E-state index contributed by atoms with van der Waals surface area (Å²) in [4.78, 5) is 8.69. The van der Waals surface area contributed by atoms with Gasteiger partial charge in [0.25, 0.3) is 0 Å². The first-order chi connectivity index (χ1) is 12.2. The molecule has 0 amide bonds. The van der Waals surface area contributed by atoms with E-state index in [9.17, 15) is 0 Å². The summed E-state index contributed by atoms with van der Waals surface area (Å²) >= 11 is 0. The van der Waals surface area contributed by atoms with E-state index in [1.54, 1.807) is 12.3 Å². The summed E-state index contributed by atoms with van der Waals surface area (Å²) < 4.78 is 7.54. The number of aromatic amines is 1. The van der Waals surface area contributed by atoms with Crippen LogP contribution in [0.2, 0.25) is 0 Å². The molecule has 4 rings (SSSR count). The number of imidazole rings is 1. The van der Waals surface area contributed by atoms with E-state index in [0.29, 0.717) is 23.8 Å². The molecule has 0 unspecified atom stereocenters. The number of aliphatic hydroxyl groups excluding tert-OH is 1. The van der Waals surface area contributed by atoms with E-state index in [1.165, 1.54) is 0 Å². The van der Waals surface area contributed by atoms with Crippen LogP contribution in [0.3, 0.4) is 0 Å². The molecule has 126 valence electrons. The van der Waals surface area contributed by atoms with Gasteiger partial charge in [-0.15, -0.1) is 0 Å². The van der Waals surface area contributed by atoms with E-state index in [2.05, 4.69) is 20.2 Å². The Morgan fingerprint density at radius 3 is 2.68 bits per heavy atom. The summed E-state index contributed by atoms with van der Waals surface area (Å²) in [7, 11) is 0. The van der Waals surface area contributed by atoms with Crippen molar-refractivity contribution in [3.8, 4) is 17.3 Å². The van der Waals surface area contributed by atoms with Gasteiger partial charge in [-0.25, -0.2) is 9.97 Å². The maximum absolute atomic E-state index is 9.15. The van der Waals surface area contributed by atoms with Gasteiger partial charge in [0.2, 0.25) is 0 Å². The minimum absolute atomic E-state index is 0.129. The molecule has 4 aromatic rings. The average Bonchev–Trinajstić information content (AvgIpc) is 3.35. The summed E-state index contributed by atoms with van der Waals surface area (Å²) in [6, 6.07) is 11.7. The standard InChI is InChI=1S/C18H17N5O2/c1-12-20-17(22-21-12)10-13-2-4-14(5-3-13)23-9-8-19-18(23)16-7-6-15(11-24)25-16/h2-9,24H,10-11H2,1H3,(H,20,21,22). The molecular weight excluding hydrogens is 318 g/mol. The number of hydrogen-bond donors (Lipinski definition) is 2. The van der Waals surface area contributed by atoms with Crippen molar-refractivity contribution >= 4 is 0 Å². The van der Waals surface area contributed by atoms with Crippen molar-refractivity contribution in [3.63, 3.8) is 0 Å². The van der Waals surface area contributed by atoms with Crippen molar-refractivity contribution in [1.82, 2.24) is 24.7 Å². The first-order valence-electron chi connectivity index (χ1n) is 7.93. The third kappa shape index (κ3) is 3.09. The molecule has 0 atom stereocenters. The van der Waals surface area contributed by atoms with Crippen molar-refractivity contribution in [2.45, 2.75) is 20.0 Å². The second-order valence-corrected chi connectivity index (χ2v) is 5.73. The number of aliphatic hydroxyl groups is 1. The van der Waals surface area contributed by atoms with Gasteiger partial charge in [-0.1, -0.05) is 12.1 Å². The van der Waals surface area contributed by atoms with Crippen LogP contribution in [-0.4, -0.2) is 29.8 Å². The van der Waals surface area contributed by atoms with Crippen LogP contribution in [0.25, 0.3) is 17.3 Å². The molecule has 0 radical (unpaired) electrons. The van der Waals surface area contributed by atoms with Crippen LogP contribution >= 0.6 is 0 Å². The van der Waals surface area contributed by atoms with Crippen LogP contribution < -0.4 is 0 Å². The maximum atomic E-state index is 9.15. The van der Waals surface area contributed by atoms with E-state index in [1.807, 2.05) is 48.0 Å². The monoisotopic (exact) mass is 335 g/mol. The molecule has 3 aromatic heterocycles. The lowest BCUT2D eigenvalue weighted by Gasteiger charge is -2.07. The normalized spacial score (nSPS) is 11.1. The summed E-state index contributed by atoms with van der Waals surface area (Å²) in [5.41, 5.74) is 2.11. The molecule has 7 nitrogen and oxygen atoms in total. The van der Waals surface area contributed by atoms with Gasteiger partial charge in [0.1, 0.15) is 18.2 Å². The average molecular weight is 335 g/mol. The molecule has 7 heteroatoms. The Morgan fingerprint density at radius 1 is 1.16 bits per heavy atom. The zero-order valence-electron chi connectivity index (χ0n) is 13.7. The molecule has 1 aromatic carbocycles. The number of H-pyrrole nitrogens is 1. The first-order valence-corrected chi connectivity index (χ1v) is 7.93. The largest absolute Gasteiger partial charge is 0.455 e. The minimum atomic E-state index is -0.129. The fourth-order valence-electron chi connectivity index (χ4n) is 2.70. The van der Waals surface area contributed by atoms with Gasteiger partial charge in [-0.2, -0.15) is 5.10 Å². The number of hydrogen-bond acceptors (Lipinski definition) is 5. The molecule has 0 saturated heterocycles. The SMILES string of the molecule is Cc1nc(Cc2ccc(-n3ccnc3-c3ccc(CO)o3)cc2)n[nH]1. The Hall–Kier alpha value is -3.19. The van der Waals surface area contributed by atoms with Gasteiger partial charge in [0.15, 0.2) is 17.4 Å². The Morgan fingerprint density at radius 2 is 2.00 bits per heavy atom. The lowest BCUT2D eigenvalue weighted by atomic mass is 10.1. The number of aryl methyl sites for hydroxylation is 1. The lowest BCUT2D eigenvalue weighted by molar-refractivity contribution is 0.248. The smallest absolute Gasteiger partial charge is 0.180 e. The predicted molar refractivity (Wildman–Crippen MR) is 91.1 cm³/mol. The van der Waals surface area contributed by atoms with E-state index in [0.717, 1.165) is 22.9 Å². The first kappa shape index (κ1) is 15.3. The van der Waals surface area contributed by atoms with E-state index >= 15 is 0 Å².